The van der Waals surface area contributed by atoms with Crippen molar-refractivity contribution in [3.05, 3.63) is 16.0 Å². The van der Waals surface area contributed by atoms with E-state index in [1.54, 1.807) is 0 Å². The summed E-state index contributed by atoms with van der Waals surface area (Å²) in [7, 11) is 20.9. The van der Waals surface area contributed by atoms with Crippen LogP contribution >= 0.6 is 47.1 Å². The van der Waals surface area contributed by atoms with Crippen LogP contribution in [0.25, 0.3) is 16.0 Å². The Bertz CT molecular complexity index is 96.9. The zero-order valence-electron chi connectivity index (χ0n) is 3.64. The summed E-state index contributed by atoms with van der Waals surface area (Å²) < 4.78 is 0. The Balaban J connectivity index is 0. The fraction of sp³-hybridized carbons (Fsp3) is 0. The van der Waals surface area contributed by atoms with Gasteiger partial charge in [0.25, 0.3) is 0 Å². The van der Waals surface area contributed by atoms with Crippen molar-refractivity contribution in [3.8, 4) is 0 Å². The molecule has 0 rings (SSSR count). The molecular weight excluding hydrogens is 403 g/mol. The fourth-order valence-electron chi connectivity index (χ4n) is 0. The number of hydrogen-bond donors (Lipinski definition) is 0. The summed E-state index contributed by atoms with van der Waals surface area (Å²) in [4.78, 5) is 1.50. The van der Waals surface area contributed by atoms with Crippen LogP contribution in [0.4, 0.5) is 0 Å². The van der Waals surface area contributed by atoms with Gasteiger partial charge in [-0.15, -0.1) is 0 Å². The van der Waals surface area contributed by atoms with Crippen LogP contribution < -0.4 is 0 Å². The van der Waals surface area contributed by atoms with Crippen molar-refractivity contribution in [1.82, 2.24) is 0 Å². The van der Waals surface area contributed by atoms with Crippen LogP contribution in [0, 0.1) is 0 Å². The van der Waals surface area contributed by atoms with Gasteiger partial charge in [0.2, 0.25) is 0 Å². The molecule has 0 aliphatic rings. The molecule has 0 amide bonds. The summed E-state index contributed by atoms with van der Waals surface area (Å²) in [5, 5.41) is 0. The smallest absolute Gasteiger partial charge is 0.255 e. The first-order valence-corrected chi connectivity index (χ1v) is 19.3. The van der Waals surface area contributed by atoms with E-state index in [-0.39, 0.29) is 0 Å². The van der Waals surface area contributed by atoms with E-state index < -0.39 is 9.60 Å². The average molecular weight is 403 g/mol. The van der Waals surface area contributed by atoms with Crippen molar-refractivity contribution in [2.45, 2.75) is 0 Å². The Kier molecular flexibility index (Phi) is 6.32. The molecule has 0 aromatic carbocycles. The van der Waals surface area contributed by atoms with E-state index in [1.807, 2.05) is 0 Å². The Morgan fingerprint density at radius 3 is 0.889 bits per heavy atom. The van der Waals surface area contributed by atoms with Gasteiger partial charge in [-0.3, -0.25) is 4.91 Å². The van der Waals surface area contributed by atoms with Gasteiger partial charge in [0, 0.05) is 0 Å². The second-order valence-corrected chi connectivity index (χ2v) is 43.1. The standard InChI is InChI=1S/5ClH.N3.W/c;;;;;1-3-2;/h5*1H;;/q;;;;;-1;+5/p-5. The summed E-state index contributed by atoms with van der Waals surface area (Å²) >= 11 is 0. The molecule has 0 aromatic rings. The quantitative estimate of drug-likeness (QED) is 0.329. The van der Waals surface area contributed by atoms with Gasteiger partial charge in [0.1, 0.15) is 0 Å². The second-order valence-electron chi connectivity index (χ2n) is 0.673. The molecule has 0 unspecified atom stereocenters. The van der Waals surface area contributed by atoms with E-state index in [0.29, 0.717) is 0 Å². The topological polar surface area (TPSA) is 58.7 Å². The molecule has 0 heterocycles. The molecule has 9 heteroatoms. The minimum Gasteiger partial charge on any atom is -0.373 e. The monoisotopic (exact) mass is 401 g/mol. The normalized spacial score (nSPS) is 13.7. The van der Waals surface area contributed by atoms with Crippen LogP contribution in [0.1, 0.15) is 0 Å². The van der Waals surface area contributed by atoms with Gasteiger partial charge in [-0.25, -0.2) is 0 Å². The molecule has 0 bridgehead atoms. The average Bonchev–Trinajstić information content (AvgIpc) is 1.23. The first-order valence-electron chi connectivity index (χ1n) is 1.17. The SMILES string of the molecule is [Cl][W]([Cl])([Cl])([Cl])[Cl].[N-]=[N+]=[N-]. The van der Waals surface area contributed by atoms with Crippen molar-refractivity contribution in [2.24, 2.45) is 0 Å². The van der Waals surface area contributed by atoms with Crippen molar-refractivity contribution >= 4 is 47.1 Å². The largest absolute Gasteiger partial charge is 0.373 e. The molecule has 0 aliphatic heterocycles. The Morgan fingerprint density at radius 1 is 0.889 bits per heavy atom. The zero-order valence-corrected chi connectivity index (χ0v) is 10.4. The number of nitrogens with zero attached hydrogens (tertiary/aromatic N) is 3. The van der Waals surface area contributed by atoms with Crippen LogP contribution in [0.2, 0.25) is 0 Å². The maximum absolute atomic E-state index is 6.75. The Morgan fingerprint density at radius 2 is 0.889 bits per heavy atom. The third-order valence-corrected chi connectivity index (χ3v) is 0. The first-order chi connectivity index (χ1) is 3.65. The van der Waals surface area contributed by atoms with E-state index >= 15 is 0 Å². The summed E-state index contributed by atoms with van der Waals surface area (Å²) in [6.45, 7) is 0. The van der Waals surface area contributed by atoms with Gasteiger partial charge in [-0.05, 0) is 0 Å². The summed E-state index contributed by atoms with van der Waals surface area (Å²) in [5.41, 5.74) is 13.5. The molecule has 9 heavy (non-hydrogen) atoms. The van der Waals surface area contributed by atoms with E-state index in [9.17, 15) is 0 Å². The van der Waals surface area contributed by atoms with Gasteiger partial charge >= 0.3 is 56.7 Å². The van der Waals surface area contributed by atoms with Crippen molar-refractivity contribution < 1.29 is 9.60 Å². The molecule has 0 aromatic heterocycles. The fourth-order valence-corrected chi connectivity index (χ4v) is 0. The summed E-state index contributed by atoms with van der Waals surface area (Å²) in [6.07, 6.45) is 0. The van der Waals surface area contributed by atoms with Crippen molar-refractivity contribution in [2.75, 3.05) is 0 Å². The van der Waals surface area contributed by atoms with E-state index in [2.05, 4.69) is 0 Å². The van der Waals surface area contributed by atoms with E-state index in [0.717, 1.165) is 0 Å². The predicted molar refractivity (Wildman–Crippen MR) is 39.3 cm³/mol. The molecule has 0 spiro atoms. The zero-order chi connectivity index (χ0) is 8.15. The molecule has 0 saturated heterocycles. The molecule has 57 valence electrons. The minimum absolute atomic E-state index is 1.50. The van der Waals surface area contributed by atoms with Crippen molar-refractivity contribution in [3.63, 3.8) is 0 Å². The Labute approximate surface area is 72.0 Å². The molecule has 3 nitrogen and oxygen atoms in total. The van der Waals surface area contributed by atoms with Crippen LogP contribution in [0.5, 0.6) is 0 Å². The predicted octanol–water partition coefficient (Wildman–Crippen LogP) is 4.31. The van der Waals surface area contributed by atoms with Crippen LogP contribution in [0.3, 0.4) is 0 Å². The molecule has 0 aliphatic carbocycles. The van der Waals surface area contributed by atoms with E-state index in [4.69, 9.17) is 58.2 Å². The first kappa shape index (κ1) is 13.1. The summed E-state index contributed by atoms with van der Waals surface area (Å²) in [6, 6.07) is 0. The Hall–Kier alpha value is 1.45. The molecule has 0 atom stereocenters. The van der Waals surface area contributed by atoms with Crippen LogP contribution in [-0.4, -0.2) is 0 Å². The number of rotatable bonds is 0. The minimum atomic E-state index is -4.39. The maximum atomic E-state index is 6.75. The third-order valence-electron chi connectivity index (χ3n) is 0. The molecule has 0 fully saturated rings. The molecular formula is Cl5N3W-. The maximum Gasteiger partial charge on any atom is -0.255 e. The van der Waals surface area contributed by atoms with Gasteiger partial charge in [0.05, 0.1) is 0 Å². The molecule has 0 radical (unpaired) electrons. The molecule has 0 saturated carbocycles. The van der Waals surface area contributed by atoms with Gasteiger partial charge in [0.15, 0.2) is 0 Å². The second kappa shape index (κ2) is 4.35. The van der Waals surface area contributed by atoms with Gasteiger partial charge < -0.3 is 11.1 Å². The van der Waals surface area contributed by atoms with E-state index in [1.165, 1.54) is 4.91 Å². The number of halogens is 5. The van der Waals surface area contributed by atoms with Crippen LogP contribution in [-0.2, 0) is 9.60 Å². The van der Waals surface area contributed by atoms with Gasteiger partial charge in [-0.1, -0.05) is 0 Å². The van der Waals surface area contributed by atoms with Crippen LogP contribution in [0.15, 0.2) is 0 Å². The van der Waals surface area contributed by atoms with Crippen molar-refractivity contribution in [1.29, 1.82) is 0 Å². The number of hydrogen-bond acceptors (Lipinski definition) is 0. The summed E-state index contributed by atoms with van der Waals surface area (Å²) in [5.74, 6) is 0. The molecule has 0 N–H and O–H groups in total. The van der Waals surface area contributed by atoms with Gasteiger partial charge in [-0.2, -0.15) is 0 Å². The third kappa shape index (κ3) is 250.